The van der Waals surface area contributed by atoms with Crippen LogP contribution >= 0.6 is 45.3 Å². The summed E-state index contributed by atoms with van der Waals surface area (Å²) >= 11 is 6.14. The molecule has 0 aliphatic carbocycles. The Morgan fingerprint density at radius 1 is 0.234 bits per heavy atom. The predicted molar refractivity (Wildman–Crippen MR) is 252 cm³/mol. The summed E-state index contributed by atoms with van der Waals surface area (Å²) < 4.78 is 96.0. The van der Waals surface area contributed by atoms with Crippen molar-refractivity contribution in [2.75, 3.05) is 163 Å². The second-order valence-electron chi connectivity index (χ2n) is 13.3. The first kappa shape index (κ1) is 53.5. The molecule has 0 aromatic carbocycles. The monoisotopic (exact) mass is 978 g/mol. The molecule has 362 valence electrons. The van der Waals surface area contributed by atoms with Gasteiger partial charge in [-0.1, -0.05) is 13.8 Å². The molecule has 4 heterocycles. The fourth-order valence-electron chi connectivity index (χ4n) is 5.95. The zero-order chi connectivity index (χ0) is 46.1. The number of ether oxygens (including phenoxy) is 16. The minimum absolute atomic E-state index is 0.229. The maximum Gasteiger partial charge on any atom is 0.181 e. The van der Waals surface area contributed by atoms with E-state index >= 15 is 0 Å². The number of hydrogen-bond donors (Lipinski definition) is 0. The second-order valence-corrected chi connectivity index (χ2v) is 17.6. The van der Waals surface area contributed by atoms with Gasteiger partial charge in [0.1, 0.15) is 52.9 Å². The van der Waals surface area contributed by atoms with Crippen molar-refractivity contribution in [1.82, 2.24) is 0 Å². The fourth-order valence-corrected chi connectivity index (χ4v) is 11.0. The van der Waals surface area contributed by atoms with Gasteiger partial charge in [0, 0.05) is 56.9 Å². The first-order valence-electron chi connectivity index (χ1n) is 21.0. The first-order chi connectivity index (χ1) is 31.4. The summed E-state index contributed by atoms with van der Waals surface area (Å²) in [6.07, 6.45) is 1.40. The molecule has 0 spiro atoms. The highest BCUT2D eigenvalue weighted by Gasteiger charge is 2.36. The maximum atomic E-state index is 6.71. The average Bonchev–Trinajstić information content (AvgIpc) is 4.05. The number of rotatable bonds is 37. The van der Waals surface area contributed by atoms with Crippen LogP contribution in [0, 0.1) is 0 Å². The lowest BCUT2D eigenvalue weighted by Crippen LogP contribution is -2.09. The summed E-state index contributed by atoms with van der Waals surface area (Å²) in [6, 6.07) is 0. The quantitative estimate of drug-likeness (QED) is 0.0399. The molecule has 0 unspecified atom stereocenters. The molecule has 4 aromatic heterocycles. The number of thiophene rings is 4. The molecule has 0 amide bonds. The van der Waals surface area contributed by atoms with Gasteiger partial charge in [0.15, 0.2) is 46.0 Å². The SMILES string of the molecule is CCc1sc(-c2sc(-c3sc(-c4sc(CC)c(OCCOC)c4OCCOC)c(OCCOC)c3OCCOC)c(OCCOC)c2OCCOC)c(OCCOC)c1OCCOC. The largest absolute Gasteiger partial charge is 0.486 e. The highest BCUT2D eigenvalue weighted by Crippen LogP contribution is 2.64. The summed E-state index contributed by atoms with van der Waals surface area (Å²) in [6.45, 7) is 9.24. The minimum atomic E-state index is 0.229. The molecular weight excluding hydrogens is 913 g/mol. The van der Waals surface area contributed by atoms with E-state index in [9.17, 15) is 0 Å². The standard InChI is InChI=1S/C44H66O16S4/c1-11-29-31(53-21-13-45-3)33(55-23-15-47-5)39(61-29)41-35(57-25-17-49-7)37(59-27-19-51-9)43(63-41)44-38(60-28-20-52-10)36(58-26-18-50-8)42(64-44)40-34(56-24-16-48-6)32(30(12-2)62-40)54-22-14-46-4/h11-28H2,1-10H3. The molecule has 0 saturated heterocycles. The van der Waals surface area contributed by atoms with Crippen molar-refractivity contribution in [3.05, 3.63) is 9.75 Å². The van der Waals surface area contributed by atoms with E-state index in [0.29, 0.717) is 138 Å². The molecule has 0 N–H and O–H groups in total. The van der Waals surface area contributed by atoms with Crippen LogP contribution in [0.4, 0.5) is 0 Å². The van der Waals surface area contributed by atoms with E-state index in [1.165, 1.54) is 22.7 Å². The zero-order valence-corrected chi connectivity index (χ0v) is 42.2. The Morgan fingerprint density at radius 2 is 0.406 bits per heavy atom. The van der Waals surface area contributed by atoms with Crippen molar-refractivity contribution in [3.63, 3.8) is 0 Å². The maximum absolute atomic E-state index is 6.71. The molecule has 4 aromatic rings. The third-order valence-corrected chi connectivity index (χ3v) is 14.3. The van der Waals surface area contributed by atoms with Crippen LogP contribution in [0.1, 0.15) is 23.6 Å². The lowest BCUT2D eigenvalue weighted by atomic mass is 10.2. The Bertz CT molecular complexity index is 1770. The van der Waals surface area contributed by atoms with Crippen LogP contribution < -0.4 is 37.9 Å². The van der Waals surface area contributed by atoms with Crippen molar-refractivity contribution in [1.29, 1.82) is 0 Å². The Morgan fingerprint density at radius 3 is 0.594 bits per heavy atom. The van der Waals surface area contributed by atoms with E-state index in [1.807, 2.05) is 0 Å². The van der Waals surface area contributed by atoms with Gasteiger partial charge < -0.3 is 75.8 Å². The van der Waals surface area contributed by atoms with Gasteiger partial charge in [-0.15, -0.1) is 45.3 Å². The van der Waals surface area contributed by atoms with E-state index < -0.39 is 0 Å². The molecule has 0 bridgehead atoms. The Labute approximate surface area is 393 Å². The summed E-state index contributed by atoms with van der Waals surface area (Å²) in [7, 11) is 13.1. The number of aryl methyl sites for hydroxylation is 2. The smallest absolute Gasteiger partial charge is 0.181 e. The molecule has 0 radical (unpaired) electrons. The van der Waals surface area contributed by atoms with Crippen molar-refractivity contribution >= 4 is 45.3 Å². The molecule has 4 rings (SSSR count). The van der Waals surface area contributed by atoms with Crippen molar-refractivity contribution < 1.29 is 75.8 Å². The predicted octanol–water partition coefficient (Wildman–Crippen LogP) is 8.26. The number of methoxy groups -OCH3 is 8. The van der Waals surface area contributed by atoms with Crippen molar-refractivity contribution in [2.24, 2.45) is 0 Å². The Kier molecular flexibility index (Phi) is 25.3. The van der Waals surface area contributed by atoms with Gasteiger partial charge in [-0.05, 0) is 12.8 Å². The van der Waals surface area contributed by atoms with Gasteiger partial charge >= 0.3 is 0 Å². The van der Waals surface area contributed by atoms with Gasteiger partial charge in [0.25, 0.3) is 0 Å². The third-order valence-electron chi connectivity index (χ3n) is 8.96. The first-order valence-corrected chi connectivity index (χ1v) is 24.3. The van der Waals surface area contributed by atoms with Crippen LogP contribution in [0.2, 0.25) is 0 Å². The lowest BCUT2D eigenvalue weighted by Gasteiger charge is -2.14. The van der Waals surface area contributed by atoms with E-state index in [0.717, 1.165) is 39.0 Å². The summed E-state index contributed by atoms with van der Waals surface area (Å²) in [4.78, 5) is 6.65. The molecule has 0 fully saturated rings. The topological polar surface area (TPSA) is 148 Å². The van der Waals surface area contributed by atoms with Crippen LogP contribution in [0.15, 0.2) is 0 Å². The summed E-state index contributed by atoms with van der Waals surface area (Å²) in [5.41, 5.74) is 0. The molecule has 0 aliphatic heterocycles. The van der Waals surface area contributed by atoms with E-state index in [4.69, 9.17) is 75.8 Å². The number of hydrogen-bond acceptors (Lipinski definition) is 20. The normalized spacial score (nSPS) is 11.3. The van der Waals surface area contributed by atoms with E-state index in [1.54, 1.807) is 79.6 Å². The van der Waals surface area contributed by atoms with Gasteiger partial charge in [-0.25, -0.2) is 0 Å². The van der Waals surface area contributed by atoms with Gasteiger partial charge in [0.05, 0.1) is 91.9 Å². The van der Waals surface area contributed by atoms with Crippen LogP contribution in [0.3, 0.4) is 0 Å². The van der Waals surface area contributed by atoms with Crippen LogP contribution in [-0.2, 0) is 50.7 Å². The van der Waals surface area contributed by atoms with Gasteiger partial charge in [0.2, 0.25) is 0 Å². The molecule has 16 nitrogen and oxygen atoms in total. The third kappa shape index (κ3) is 14.4. The molecule has 0 aliphatic rings. The van der Waals surface area contributed by atoms with Crippen LogP contribution in [0.5, 0.6) is 46.0 Å². The average molecular weight is 979 g/mol. The van der Waals surface area contributed by atoms with Crippen molar-refractivity contribution in [2.45, 2.75) is 26.7 Å². The lowest BCUT2D eigenvalue weighted by molar-refractivity contribution is 0.132. The van der Waals surface area contributed by atoms with Crippen LogP contribution in [-0.4, -0.2) is 163 Å². The Hall–Kier alpha value is -3.12. The highest BCUT2D eigenvalue weighted by molar-refractivity contribution is 7.29. The summed E-state index contributed by atoms with van der Waals surface area (Å²) in [5, 5.41) is 0. The second kappa shape index (κ2) is 30.2. The zero-order valence-electron chi connectivity index (χ0n) is 38.9. The van der Waals surface area contributed by atoms with E-state index in [2.05, 4.69) is 13.8 Å². The van der Waals surface area contributed by atoms with E-state index in [-0.39, 0.29) is 26.4 Å². The van der Waals surface area contributed by atoms with Crippen molar-refractivity contribution in [3.8, 4) is 75.3 Å². The Balaban J connectivity index is 2.14. The molecule has 20 heteroatoms. The molecule has 0 saturated carbocycles. The van der Waals surface area contributed by atoms with Crippen LogP contribution in [0.25, 0.3) is 29.3 Å². The molecule has 64 heavy (non-hydrogen) atoms. The van der Waals surface area contributed by atoms with Gasteiger partial charge in [-0.2, -0.15) is 0 Å². The molecule has 0 atom stereocenters. The molecular formula is C44H66O16S4. The van der Waals surface area contributed by atoms with Gasteiger partial charge in [-0.3, -0.25) is 0 Å². The summed E-state index contributed by atoms with van der Waals surface area (Å²) in [5.74, 6) is 4.49. The highest BCUT2D eigenvalue weighted by atomic mass is 32.1. The fraction of sp³-hybridized carbons (Fsp3) is 0.636. The minimum Gasteiger partial charge on any atom is -0.486 e.